The molecule has 2 aliphatic heterocycles. The number of hydrogen-bond donors (Lipinski definition) is 2. The number of carbonyl (C=O) groups excluding carboxylic acids is 3. The van der Waals surface area contributed by atoms with Gasteiger partial charge in [0.2, 0.25) is 5.91 Å². The van der Waals surface area contributed by atoms with Crippen molar-refractivity contribution in [1.29, 1.82) is 0 Å². The molecule has 2 unspecified atom stereocenters. The molecule has 2 fully saturated rings. The molecule has 1 aromatic heterocycles. The van der Waals surface area contributed by atoms with Gasteiger partial charge in [0.05, 0.1) is 17.1 Å². The minimum absolute atomic E-state index is 0.319. The van der Waals surface area contributed by atoms with E-state index in [4.69, 9.17) is 0 Å². The van der Waals surface area contributed by atoms with Crippen molar-refractivity contribution in [3.05, 3.63) is 27.3 Å². The van der Waals surface area contributed by atoms with E-state index in [1.807, 2.05) is 17.5 Å². The zero-order valence-electron chi connectivity index (χ0n) is 11.9. The summed E-state index contributed by atoms with van der Waals surface area (Å²) < 4.78 is 0. The van der Waals surface area contributed by atoms with Crippen molar-refractivity contribution in [2.24, 2.45) is 0 Å². The van der Waals surface area contributed by atoms with Crippen molar-refractivity contribution < 1.29 is 19.5 Å². The van der Waals surface area contributed by atoms with E-state index >= 15 is 0 Å². The van der Waals surface area contributed by atoms with Gasteiger partial charge in [0.1, 0.15) is 6.54 Å². The summed E-state index contributed by atoms with van der Waals surface area (Å²) in [5.74, 6) is 0.324. The predicted molar refractivity (Wildman–Crippen MR) is 92.3 cm³/mol. The second kappa shape index (κ2) is 7.08. The molecular weight excluding hydrogens is 356 g/mol. The van der Waals surface area contributed by atoms with E-state index < -0.39 is 23.2 Å². The lowest BCUT2D eigenvalue weighted by Crippen LogP contribution is -2.47. The van der Waals surface area contributed by atoms with Crippen molar-refractivity contribution in [2.45, 2.75) is 12.1 Å². The molecule has 0 bridgehead atoms. The molecule has 2 atom stereocenters. The van der Waals surface area contributed by atoms with Crippen LogP contribution in [0.1, 0.15) is 4.88 Å². The number of imide groups is 1. The number of hydrogen-bond acceptors (Lipinski definition) is 7. The summed E-state index contributed by atoms with van der Waals surface area (Å²) >= 11 is 3.86. The molecule has 23 heavy (non-hydrogen) atoms. The Balaban J connectivity index is 1.62. The zero-order chi connectivity index (χ0) is 16.4. The van der Waals surface area contributed by atoms with Crippen LogP contribution in [0.25, 0.3) is 6.08 Å². The van der Waals surface area contributed by atoms with Gasteiger partial charge in [0.15, 0.2) is 0 Å². The molecule has 3 rings (SSSR count). The molecule has 0 aliphatic carbocycles. The summed E-state index contributed by atoms with van der Waals surface area (Å²) in [5.41, 5.74) is 0. The second-order valence-electron chi connectivity index (χ2n) is 5.06. The number of aliphatic hydroxyl groups is 1. The molecule has 1 aromatic rings. The molecule has 122 valence electrons. The van der Waals surface area contributed by atoms with E-state index in [1.165, 1.54) is 11.3 Å². The summed E-state index contributed by atoms with van der Waals surface area (Å²) in [6, 6.07) is 3.39. The molecule has 0 aromatic carbocycles. The molecule has 9 heteroatoms. The van der Waals surface area contributed by atoms with Crippen LogP contribution in [0.4, 0.5) is 4.79 Å². The molecule has 0 radical (unpaired) electrons. The average Bonchev–Trinajstić information content (AvgIpc) is 3.20. The third-order valence-electron chi connectivity index (χ3n) is 3.39. The highest BCUT2D eigenvalue weighted by atomic mass is 32.2. The van der Waals surface area contributed by atoms with Crippen LogP contribution in [0.3, 0.4) is 0 Å². The van der Waals surface area contributed by atoms with Crippen LogP contribution in [-0.4, -0.2) is 57.3 Å². The first-order valence-corrected chi connectivity index (χ1v) is 9.74. The topological polar surface area (TPSA) is 86.7 Å². The van der Waals surface area contributed by atoms with E-state index in [-0.39, 0.29) is 12.6 Å². The highest BCUT2D eigenvalue weighted by molar-refractivity contribution is 8.18. The monoisotopic (exact) mass is 370 g/mol. The molecule has 3 heterocycles. The van der Waals surface area contributed by atoms with E-state index in [9.17, 15) is 19.5 Å². The Morgan fingerprint density at radius 2 is 2.26 bits per heavy atom. The van der Waals surface area contributed by atoms with Gasteiger partial charge in [-0.05, 0) is 29.3 Å². The van der Waals surface area contributed by atoms with E-state index in [0.29, 0.717) is 16.4 Å². The number of carbonyl (C=O) groups is 3. The largest absolute Gasteiger partial charge is 0.390 e. The molecule has 3 amide bonds. The van der Waals surface area contributed by atoms with Gasteiger partial charge >= 0.3 is 0 Å². The van der Waals surface area contributed by atoms with Crippen LogP contribution >= 0.6 is 34.9 Å². The standard InChI is InChI=1S/C14H14N2O4S3/c17-10-7-21-6-9(10)15-12(18)5-16-13(19)11(23-14(16)20)4-8-2-1-3-22-8/h1-4,9-10,17H,5-7H2,(H,15,18)/b11-4-. The Morgan fingerprint density at radius 1 is 1.43 bits per heavy atom. The first kappa shape index (κ1) is 16.6. The van der Waals surface area contributed by atoms with E-state index in [1.54, 1.807) is 17.8 Å². The molecule has 2 saturated heterocycles. The van der Waals surface area contributed by atoms with Crippen LogP contribution in [0.15, 0.2) is 22.4 Å². The number of aliphatic hydroxyl groups excluding tert-OH is 1. The SMILES string of the molecule is O=C(CN1C(=O)S/C(=C\c2cccs2)C1=O)NC1CSCC1O. The second-order valence-corrected chi connectivity index (χ2v) is 8.11. The van der Waals surface area contributed by atoms with Crippen molar-refractivity contribution in [3.63, 3.8) is 0 Å². The fourth-order valence-electron chi connectivity index (χ4n) is 2.22. The number of nitrogens with one attached hydrogen (secondary N) is 1. The number of nitrogens with zero attached hydrogens (tertiary/aromatic N) is 1. The van der Waals surface area contributed by atoms with Gasteiger partial charge in [-0.25, -0.2) is 0 Å². The summed E-state index contributed by atoms with van der Waals surface area (Å²) in [5, 5.41) is 13.8. The summed E-state index contributed by atoms with van der Waals surface area (Å²) in [6.45, 7) is -0.319. The minimum Gasteiger partial charge on any atom is -0.390 e. The van der Waals surface area contributed by atoms with Crippen molar-refractivity contribution >= 4 is 58.0 Å². The van der Waals surface area contributed by atoms with Gasteiger partial charge in [0.25, 0.3) is 11.1 Å². The Hall–Kier alpha value is -1.29. The van der Waals surface area contributed by atoms with Gasteiger partial charge in [0, 0.05) is 16.4 Å². The van der Waals surface area contributed by atoms with E-state index in [0.717, 1.165) is 21.5 Å². The van der Waals surface area contributed by atoms with Gasteiger partial charge < -0.3 is 10.4 Å². The maximum absolute atomic E-state index is 12.3. The highest BCUT2D eigenvalue weighted by Gasteiger charge is 2.37. The third kappa shape index (κ3) is 3.79. The van der Waals surface area contributed by atoms with Gasteiger partial charge in [-0.1, -0.05) is 6.07 Å². The van der Waals surface area contributed by atoms with Crippen LogP contribution in [-0.2, 0) is 9.59 Å². The summed E-state index contributed by atoms with van der Waals surface area (Å²) in [7, 11) is 0. The molecule has 0 spiro atoms. The lowest BCUT2D eigenvalue weighted by molar-refractivity contribution is -0.129. The predicted octanol–water partition coefficient (Wildman–Crippen LogP) is 1.38. The first-order valence-electron chi connectivity index (χ1n) is 6.88. The minimum atomic E-state index is -0.586. The summed E-state index contributed by atoms with van der Waals surface area (Å²) in [4.78, 5) is 38.4. The van der Waals surface area contributed by atoms with Crippen molar-refractivity contribution in [1.82, 2.24) is 10.2 Å². The van der Waals surface area contributed by atoms with E-state index in [2.05, 4.69) is 5.32 Å². The van der Waals surface area contributed by atoms with Gasteiger partial charge in [-0.15, -0.1) is 11.3 Å². The fourth-order valence-corrected chi connectivity index (χ4v) is 4.95. The van der Waals surface area contributed by atoms with Gasteiger partial charge in [-0.3, -0.25) is 19.3 Å². The average molecular weight is 370 g/mol. The number of thiophene rings is 1. The first-order chi connectivity index (χ1) is 11.0. The number of thioether (sulfide) groups is 2. The molecular formula is C14H14N2O4S3. The normalized spacial score (nSPS) is 26.3. The van der Waals surface area contributed by atoms with Crippen molar-refractivity contribution in [3.8, 4) is 0 Å². The Kier molecular flexibility index (Phi) is 5.10. The van der Waals surface area contributed by atoms with Crippen LogP contribution in [0, 0.1) is 0 Å². The smallest absolute Gasteiger partial charge is 0.294 e. The molecule has 6 nitrogen and oxygen atoms in total. The summed E-state index contributed by atoms with van der Waals surface area (Å²) in [6.07, 6.45) is 1.07. The van der Waals surface area contributed by atoms with Crippen LogP contribution in [0.5, 0.6) is 0 Å². The fraction of sp³-hybridized carbons (Fsp3) is 0.357. The molecule has 0 saturated carbocycles. The Labute approximate surface area is 145 Å². The van der Waals surface area contributed by atoms with Crippen LogP contribution < -0.4 is 5.32 Å². The maximum atomic E-state index is 12.3. The zero-order valence-corrected chi connectivity index (χ0v) is 14.4. The molecule has 2 N–H and O–H groups in total. The van der Waals surface area contributed by atoms with Crippen LogP contribution in [0.2, 0.25) is 0 Å². The Morgan fingerprint density at radius 3 is 2.91 bits per heavy atom. The molecule has 2 aliphatic rings. The third-order valence-corrected chi connectivity index (χ3v) is 6.29. The maximum Gasteiger partial charge on any atom is 0.294 e. The number of amides is 3. The highest BCUT2D eigenvalue weighted by Crippen LogP contribution is 2.32. The number of rotatable bonds is 4. The van der Waals surface area contributed by atoms with Crippen molar-refractivity contribution in [2.75, 3.05) is 18.1 Å². The Bertz CT molecular complexity index is 659. The lowest BCUT2D eigenvalue weighted by Gasteiger charge is -2.18. The quantitative estimate of drug-likeness (QED) is 0.779. The lowest BCUT2D eigenvalue weighted by atomic mass is 10.2. The van der Waals surface area contributed by atoms with Gasteiger partial charge in [-0.2, -0.15) is 11.8 Å².